The van der Waals surface area contributed by atoms with Crippen molar-refractivity contribution in [2.24, 2.45) is 0 Å². The van der Waals surface area contributed by atoms with Crippen LogP contribution in [0.2, 0.25) is 5.02 Å². The van der Waals surface area contributed by atoms with Gasteiger partial charge in [0.05, 0.1) is 31.0 Å². The Hall–Kier alpha value is -3.97. The van der Waals surface area contributed by atoms with E-state index in [0.29, 0.717) is 38.9 Å². The number of ether oxygens (including phenoxy) is 3. The molecule has 1 aliphatic rings. The summed E-state index contributed by atoms with van der Waals surface area (Å²) >= 11 is 5.97. The maximum absolute atomic E-state index is 13.1. The highest BCUT2D eigenvalue weighted by Crippen LogP contribution is 2.36. The summed E-state index contributed by atoms with van der Waals surface area (Å²) in [5.74, 6) is 0.466. The van der Waals surface area contributed by atoms with Crippen LogP contribution in [0.5, 0.6) is 11.5 Å². The Bertz CT molecular complexity index is 1240. The fraction of sp³-hybridized carbons (Fsp3) is 0.185. The first kappa shape index (κ1) is 24.2. The molecule has 0 saturated heterocycles. The number of rotatable bonds is 8. The number of carbonyl (C=O) groups is 2. The van der Waals surface area contributed by atoms with Crippen LogP contribution >= 0.6 is 11.6 Å². The first-order valence-electron chi connectivity index (χ1n) is 11.1. The number of halogens is 1. The SMILES string of the molecule is CCOC(=O)C1=C(c2ccccc2)NC(=O)NC1c1ccc(OC)c(OCc2ccc(Cl)cc2)c1. The smallest absolute Gasteiger partial charge is 0.338 e. The molecule has 35 heavy (non-hydrogen) atoms. The lowest BCUT2D eigenvalue weighted by atomic mass is 9.92. The van der Waals surface area contributed by atoms with Gasteiger partial charge < -0.3 is 24.8 Å². The zero-order chi connectivity index (χ0) is 24.8. The fourth-order valence-electron chi connectivity index (χ4n) is 3.80. The lowest BCUT2D eigenvalue weighted by molar-refractivity contribution is -0.138. The van der Waals surface area contributed by atoms with Crippen LogP contribution in [0.15, 0.2) is 78.4 Å². The second kappa shape index (κ2) is 11.0. The molecule has 0 aromatic heterocycles. The zero-order valence-electron chi connectivity index (χ0n) is 19.3. The minimum atomic E-state index is -0.762. The Kier molecular flexibility index (Phi) is 7.57. The van der Waals surface area contributed by atoms with E-state index in [4.69, 9.17) is 25.8 Å². The maximum atomic E-state index is 13.1. The Morgan fingerprint density at radius 3 is 2.43 bits per heavy atom. The average Bonchev–Trinajstić information content (AvgIpc) is 2.88. The van der Waals surface area contributed by atoms with Gasteiger partial charge in [-0.2, -0.15) is 0 Å². The molecule has 8 heteroatoms. The highest BCUT2D eigenvalue weighted by atomic mass is 35.5. The molecule has 0 aliphatic carbocycles. The highest BCUT2D eigenvalue weighted by molar-refractivity contribution is 6.30. The summed E-state index contributed by atoms with van der Waals surface area (Å²) in [5, 5.41) is 6.26. The predicted molar refractivity (Wildman–Crippen MR) is 133 cm³/mol. The molecule has 2 amide bonds. The quantitative estimate of drug-likeness (QED) is 0.419. The fourth-order valence-corrected chi connectivity index (χ4v) is 3.93. The van der Waals surface area contributed by atoms with Gasteiger partial charge in [-0.15, -0.1) is 0 Å². The summed E-state index contributed by atoms with van der Waals surface area (Å²) in [7, 11) is 1.55. The van der Waals surface area contributed by atoms with Crippen molar-refractivity contribution in [1.29, 1.82) is 0 Å². The van der Waals surface area contributed by atoms with Crippen LogP contribution in [0.3, 0.4) is 0 Å². The van der Waals surface area contributed by atoms with E-state index in [1.807, 2.05) is 42.5 Å². The molecule has 4 rings (SSSR count). The molecule has 1 unspecified atom stereocenters. The summed E-state index contributed by atoms with van der Waals surface area (Å²) in [6, 6.07) is 20.6. The summed E-state index contributed by atoms with van der Waals surface area (Å²) in [5.41, 5.74) is 2.96. The van der Waals surface area contributed by atoms with Gasteiger partial charge in [-0.05, 0) is 47.9 Å². The molecule has 3 aromatic rings. The van der Waals surface area contributed by atoms with E-state index in [2.05, 4.69) is 10.6 Å². The Balaban J connectivity index is 1.74. The summed E-state index contributed by atoms with van der Waals surface area (Å²) in [4.78, 5) is 25.7. The van der Waals surface area contributed by atoms with Gasteiger partial charge in [0.25, 0.3) is 0 Å². The molecule has 0 saturated carbocycles. The normalized spacial score (nSPS) is 15.2. The predicted octanol–water partition coefficient (Wildman–Crippen LogP) is 5.26. The van der Waals surface area contributed by atoms with Crippen molar-refractivity contribution >= 4 is 29.3 Å². The van der Waals surface area contributed by atoms with E-state index in [1.54, 1.807) is 44.4 Å². The van der Waals surface area contributed by atoms with Gasteiger partial charge in [0, 0.05) is 5.02 Å². The van der Waals surface area contributed by atoms with Crippen molar-refractivity contribution in [3.8, 4) is 11.5 Å². The van der Waals surface area contributed by atoms with Crippen molar-refractivity contribution in [2.45, 2.75) is 19.6 Å². The molecule has 0 bridgehead atoms. The maximum Gasteiger partial charge on any atom is 0.338 e. The van der Waals surface area contributed by atoms with E-state index in [0.717, 1.165) is 5.56 Å². The molecule has 1 aliphatic heterocycles. The third kappa shape index (κ3) is 5.58. The molecule has 1 atom stereocenters. The Morgan fingerprint density at radius 2 is 1.74 bits per heavy atom. The molecular formula is C27H25ClN2O5. The van der Waals surface area contributed by atoms with Gasteiger partial charge in [0.15, 0.2) is 11.5 Å². The van der Waals surface area contributed by atoms with Crippen LogP contribution in [0.25, 0.3) is 5.70 Å². The average molecular weight is 493 g/mol. The lowest BCUT2D eigenvalue weighted by Gasteiger charge is -2.30. The molecule has 0 fully saturated rings. The number of carbonyl (C=O) groups excluding carboxylic acids is 2. The van der Waals surface area contributed by atoms with Gasteiger partial charge in [0.1, 0.15) is 6.61 Å². The molecule has 1 heterocycles. The van der Waals surface area contributed by atoms with Gasteiger partial charge in [-0.3, -0.25) is 0 Å². The Labute approximate surface area is 208 Å². The first-order chi connectivity index (χ1) is 17.0. The van der Waals surface area contributed by atoms with Crippen molar-refractivity contribution in [3.05, 3.63) is 100 Å². The second-order valence-electron chi connectivity index (χ2n) is 7.73. The monoisotopic (exact) mass is 492 g/mol. The van der Waals surface area contributed by atoms with E-state index in [9.17, 15) is 9.59 Å². The van der Waals surface area contributed by atoms with Crippen LogP contribution in [0.4, 0.5) is 4.79 Å². The van der Waals surface area contributed by atoms with Gasteiger partial charge in [-0.25, -0.2) is 9.59 Å². The number of amides is 2. The summed E-state index contributed by atoms with van der Waals surface area (Å²) < 4.78 is 16.9. The zero-order valence-corrected chi connectivity index (χ0v) is 20.1. The van der Waals surface area contributed by atoms with Gasteiger partial charge >= 0.3 is 12.0 Å². The van der Waals surface area contributed by atoms with E-state index >= 15 is 0 Å². The standard InChI is InChI=1S/C27H25ClN2O5/c1-3-34-26(31)23-24(18-7-5-4-6-8-18)29-27(32)30-25(23)19-11-14-21(33-2)22(15-19)35-16-17-9-12-20(28)13-10-17/h4-15,25H,3,16H2,1-2H3,(H2,29,30,32). The molecule has 3 aromatic carbocycles. The Morgan fingerprint density at radius 1 is 1.00 bits per heavy atom. The molecule has 2 N–H and O–H groups in total. The van der Waals surface area contributed by atoms with Gasteiger partial charge in [0.2, 0.25) is 0 Å². The number of esters is 1. The van der Waals surface area contributed by atoms with E-state index < -0.39 is 18.0 Å². The number of urea groups is 1. The van der Waals surface area contributed by atoms with Crippen molar-refractivity contribution < 1.29 is 23.8 Å². The van der Waals surface area contributed by atoms with E-state index in [-0.39, 0.29) is 13.2 Å². The molecule has 7 nitrogen and oxygen atoms in total. The van der Waals surface area contributed by atoms with E-state index in [1.165, 1.54) is 0 Å². The van der Waals surface area contributed by atoms with Crippen LogP contribution in [0, 0.1) is 0 Å². The number of methoxy groups -OCH3 is 1. The van der Waals surface area contributed by atoms with Crippen molar-refractivity contribution in [2.75, 3.05) is 13.7 Å². The number of nitrogens with one attached hydrogen (secondary N) is 2. The third-order valence-electron chi connectivity index (χ3n) is 5.46. The number of benzene rings is 3. The molecule has 180 valence electrons. The third-order valence-corrected chi connectivity index (χ3v) is 5.71. The molecular weight excluding hydrogens is 468 g/mol. The number of hydrogen-bond donors (Lipinski definition) is 2. The summed E-state index contributed by atoms with van der Waals surface area (Å²) in [6.45, 7) is 2.22. The first-order valence-corrected chi connectivity index (χ1v) is 11.5. The molecule has 0 radical (unpaired) electrons. The van der Waals surface area contributed by atoms with Crippen LogP contribution in [-0.2, 0) is 16.1 Å². The topological polar surface area (TPSA) is 85.9 Å². The van der Waals surface area contributed by atoms with Crippen LogP contribution in [0.1, 0.15) is 29.7 Å². The van der Waals surface area contributed by atoms with Gasteiger partial charge in [-0.1, -0.05) is 60.1 Å². The largest absolute Gasteiger partial charge is 0.493 e. The van der Waals surface area contributed by atoms with Crippen molar-refractivity contribution in [1.82, 2.24) is 10.6 Å². The number of hydrogen-bond acceptors (Lipinski definition) is 5. The van der Waals surface area contributed by atoms with Crippen LogP contribution < -0.4 is 20.1 Å². The minimum Gasteiger partial charge on any atom is -0.493 e. The van der Waals surface area contributed by atoms with Crippen molar-refractivity contribution in [3.63, 3.8) is 0 Å². The minimum absolute atomic E-state index is 0.198. The molecule has 0 spiro atoms. The lowest BCUT2D eigenvalue weighted by Crippen LogP contribution is -2.45. The summed E-state index contributed by atoms with van der Waals surface area (Å²) in [6.07, 6.45) is 0. The second-order valence-corrected chi connectivity index (χ2v) is 8.17. The van der Waals surface area contributed by atoms with Crippen LogP contribution in [-0.4, -0.2) is 25.7 Å². The highest BCUT2D eigenvalue weighted by Gasteiger charge is 2.34.